The number of hydrogen-bond acceptors (Lipinski definition) is 2. The fraction of sp³-hybridized carbons (Fsp3) is 0.818. The Hall–Kier alpha value is -1.34. The maximum absolute atomic E-state index is 12.9. The van der Waals surface area contributed by atoms with Crippen molar-refractivity contribution in [1.29, 1.82) is 0 Å². The number of carbonyl (C=O) groups excluding carboxylic acids is 2. The summed E-state index contributed by atoms with van der Waals surface area (Å²) < 4.78 is 50.1. The van der Waals surface area contributed by atoms with Crippen molar-refractivity contribution in [2.45, 2.75) is 38.7 Å². The molecule has 110 valence electrons. The Balaban J connectivity index is 2.77. The summed E-state index contributed by atoms with van der Waals surface area (Å²) in [5, 5.41) is 2.38. The molecule has 8 heteroatoms. The SMILES string of the molecule is CC(C)CC1NC(=O)CN(CC(F)(F)C(F)F)C1=O. The third-order valence-corrected chi connectivity index (χ3v) is 2.71. The number of hydrogen-bond donors (Lipinski definition) is 1. The number of alkyl halides is 4. The molecule has 1 atom stereocenters. The number of amides is 2. The van der Waals surface area contributed by atoms with Crippen molar-refractivity contribution >= 4 is 11.8 Å². The summed E-state index contributed by atoms with van der Waals surface area (Å²) in [5.41, 5.74) is 0. The predicted octanol–water partition coefficient (Wildman–Crippen LogP) is 1.26. The molecule has 1 rings (SSSR count). The van der Waals surface area contributed by atoms with Crippen LogP contribution in [0.2, 0.25) is 0 Å². The normalized spacial score (nSPS) is 21.3. The summed E-state index contributed by atoms with van der Waals surface area (Å²) in [5.74, 6) is -5.61. The number of carbonyl (C=O) groups is 2. The van der Waals surface area contributed by atoms with Crippen LogP contribution >= 0.6 is 0 Å². The summed E-state index contributed by atoms with van der Waals surface area (Å²) >= 11 is 0. The Morgan fingerprint density at radius 3 is 2.42 bits per heavy atom. The quantitative estimate of drug-likeness (QED) is 0.773. The highest BCUT2D eigenvalue weighted by atomic mass is 19.3. The zero-order chi connectivity index (χ0) is 14.8. The lowest BCUT2D eigenvalue weighted by Crippen LogP contribution is -2.60. The molecular weight excluding hydrogens is 268 g/mol. The Morgan fingerprint density at radius 2 is 1.95 bits per heavy atom. The summed E-state index contributed by atoms with van der Waals surface area (Å²) in [6, 6.07) is -0.922. The molecule has 2 amide bonds. The van der Waals surface area contributed by atoms with Gasteiger partial charge < -0.3 is 10.2 Å². The van der Waals surface area contributed by atoms with Crippen molar-refractivity contribution < 1.29 is 27.2 Å². The summed E-state index contributed by atoms with van der Waals surface area (Å²) in [6.07, 6.45) is -3.59. The topological polar surface area (TPSA) is 49.4 Å². The number of nitrogens with zero attached hydrogens (tertiary/aromatic N) is 1. The van der Waals surface area contributed by atoms with E-state index in [1.807, 2.05) is 0 Å². The molecule has 0 aromatic heterocycles. The third kappa shape index (κ3) is 4.07. The van der Waals surface area contributed by atoms with E-state index in [4.69, 9.17) is 0 Å². The average Bonchev–Trinajstić information content (AvgIpc) is 2.23. The van der Waals surface area contributed by atoms with Gasteiger partial charge in [0.15, 0.2) is 0 Å². The van der Waals surface area contributed by atoms with Gasteiger partial charge in [-0.1, -0.05) is 13.8 Å². The highest BCUT2D eigenvalue weighted by Crippen LogP contribution is 2.25. The molecule has 0 spiro atoms. The smallest absolute Gasteiger partial charge is 0.324 e. The molecule has 1 aliphatic heterocycles. The van der Waals surface area contributed by atoms with Crippen molar-refractivity contribution in [3.63, 3.8) is 0 Å². The Bertz CT molecular complexity index is 361. The minimum absolute atomic E-state index is 0.0600. The van der Waals surface area contributed by atoms with Gasteiger partial charge in [0.25, 0.3) is 0 Å². The molecule has 0 aliphatic carbocycles. The van der Waals surface area contributed by atoms with Gasteiger partial charge in [0.2, 0.25) is 11.8 Å². The van der Waals surface area contributed by atoms with Crippen LogP contribution in [-0.4, -0.2) is 48.2 Å². The lowest BCUT2D eigenvalue weighted by Gasteiger charge is -2.34. The van der Waals surface area contributed by atoms with Gasteiger partial charge in [-0.15, -0.1) is 0 Å². The second-order valence-electron chi connectivity index (χ2n) is 5.01. The van der Waals surface area contributed by atoms with Gasteiger partial charge >= 0.3 is 12.3 Å². The first kappa shape index (κ1) is 15.7. The second-order valence-corrected chi connectivity index (χ2v) is 5.01. The van der Waals surface area contributed by atoms with E-state index in [0.29, 0.717) is 4.90 Å². The van der Waals surface area contributed by atoms with E-state index in [0.717, 1.165) is 0 Å². The van der Waals surface area contributed by atoms with E-state index in [2.05, 4.69) is 5.32 Å². The number of rotatable bonds is 5. The minimum atomic E-state index is -4.31. The van der Waals surface area contributed by atoms with E-state index < -0.39 is 43.3 Å². The van der Waals surface area contributed by atoms with Gasteiger partial charge in [-0.3, -0.25) is 9.59 Å². The third-order valence-electron chi connectivity index (χ3n) is 2.71. The maximum Gasteiger partial charge on any atom is 0.324 e. The van der Waals surface area contributed by atoms with Gasteiger partial charge in [0, 0.05) is 0 Å². The minimum Gasteiger partial charge on any atom is -0.343 e. The van der Waals surface area contributed by atoms with Gasteiger partial charge in [0.05, 0.1) is 13.1 Å². The van der Waals surface area contributed by atoms with Crippen molar-refractivity contribution in [1.82, 2.24) is 10.2 Å². The van der Waals surface area contributed by atoms with Crippen LogP contribution in [0.4, 0.5) is 17.6 Å². The predicted molar refractivity (Wildman–Crippen MR) is 58.9 cm³/mol. The molecule has 0 aromatic carbocycles. The van der Waals surface area contributed by atoms with Gasteiger partial charge in [0.1, 0.15) is 6.04 Å². The molecular formula is C11H16F4N2O2. The van der Waals surface area contributed by atoms with Crippen LogP contribution in [0.25, 0.3) is 0 Å². The first-order valence-corrected chi connectivity index (χ1v) is 5.87. The molecule has 1 N–H and O–H groups in total. The molecule has 1 heterocycles. The first-order chi connectivity index (χ1) is 8.63. The van der Waals surface area contributed by atoms with Gasteiger partial charge in [-0.2, -0.15) is 8.78 Å². The largest absolute Gasteiger partial charge is 0.343 e. The van der Waals surface area contributed by atoms with E-state index in [-0.39, 0.29) is 12.3 Å². The lowest BCUT2D eigenvalue weighted by atomic mass is 10.0. The fourth-order valence-corrected chi connectivity index (χ4v) is 1.86. The van der Waals surface area contributed by atoms with Crippen LogP contribution in [0, 0.1) is 5.92 Å². The highest BCUT2D eigenvalue weighted by molar-refractivity contribution is 5.94. The highest BCUT2D eigenvalue weighted by Gasteiger charge is 2.45. The van der Waals surface area contributed by atoms with Crippen molar-refractivity contribution in [2.24, 2.45) is 5.92 Å². The standard InChI is InChI=1S/C11H16F4N2O2/c1-6(2)3-7-9(19)17(4-8(18)16-7)5-11(14,15)10(12)13/h6-7,10H,3-5H2,1-2H3,(H,16,18). The number of piperazine rings is 1. The van der Waals surface area contributed by atoms with Gasteiger partial charge in [-0.25, -0.2) is 8.78 Å². The zero-order valence-corrected chi connectivity index (χ0v) is 10.6. The molecule has 0 radical (unpaired) electrons. The average molecular weight is 284 g/mol. The van der Waals surface area contributed by atoms with Crippen LogP contribution in [0.1, 0.15) is 20.3 Å². The molecule has 19 heavy (non-hydrogen) atoms. The van der Waals surface area contributed by atoms with Crippen molar-refractivity contribution in [3.05, 3.63) is 0 Å². The van der Waals surface area contributed by atoms with Crippen molar-refractivity contribution in [3.8, 4) is 0 Å². The molecule has 1 saturated heterocycles. The molecule has 1 aliphatic rings. The molecule has 4 nitrogen and oxygen atoms in total. The van der Waals surface area contributed by atoms with Crippen LogP contribution in [-0.2, 0) is 9.59 Å². The molecule has 0 bridgehead atoms. The number of halogens is 4. The van der Waals surface area contributed by atoms with Crippen molar-refractivity contribution in [2.75, 3.05) is 13.1 Å². The van der Waals surface area contributed by atoms with E-state index in [1.54, 1.807) is 13.8 Å². The fourth-order valence-electron chi connectivity index (χ4n) is 1.86. The summed E-state index contributed by atoms with van der Waals surface area (Å²) in [6.45, 7) is 1.54. The maximum atomic E-state index is 12.9. The first-order valence-electron chi connectivity index (χ1n) is 5.87. The van der Waals surface area contributed by atoms with Gasteiger partial charge in [-0.05, 0) is 12.3 Å². The van der Waals surface area contributed by atoms with Crippen LogP contribution in [0.3, 0.4) is 0 Å². The molecule has 0 saturated carbocycles. The Labute approximate surface area is 108 Å². The monoisotopic (exact) mass is 284 g/mol. The Kier molecular flexibility index (Phi) is 4.75. The molecule has 1 unspecified atom stereocenters. The number of nitrogens with one attached hydrogen (secondary N) is 1. The van der Waals surface area contributed by atoms with Crippen LogP contribution in [0.5, 0.6) is 0 Å². The summed E-state index contributed by atoms with van der Waals surface area (Å²) in [7, 11) is 0. The summed E-state index contributed by atoms with van der Waals surface area (Å²) in [4.78, 5) is 23.7. The zero-order valence-electron chi connectivity index (χ0n) is 10.6. The van der Waals surface area contributed by atoms with Crippen LogP contribution in [0.15, 0.2) is 0 Å². The second kappa shape index (κ2) is 5.75. The lowest BCUT2D eigenvalue weighted by molar-refractivity contribution is -0.164. The van der Waals surface area contributed by atoms with Crippen LogP contribution < -0.4 is 5.32 Å². The van der Waals surface area contributed by atoms with E-state index in [1.165, 1.54) is 0 Å². The molecule has 0 aromatic rings. The Morgan fingerprint density at radius 1 is 1.37 bits per heavy atom. The van der Waals surface area contributed by atoms with E-state index in [9.17, 15) is 27.2 Å². The van der Waals surface area contributed by atoms with E-state index >= 15 is 0 Å². The molecule has 1 fully saturated rings.